The number of carbonyl (C=O) groups is 1. The molecule has 1 aromatic heterocycles. The van der Waals surface area contributed by atoms with E-state index in [4.69, 9.17) is 9.26 Å². The molecule has 0 spiro atoms. The summed E-state index contributed by atoms with van der Waals surface area (Å²) in [5, 5.41) is 4.15. The fourth-order valence-electron chi connectivity index (χ4n) is 3.66. The molecule has 0 N–H and O–H groups in total. The lowest BCUT2D eigenvalue weighted by molar-refractivity contribution is -0.117. The van der Waals surface area contributed by atoms with E-state index in [2.05, 4.69) is 16.2 Å². The molecular formula is C22H23N3O3. The molecule has 2 heterocycles. The van der Waals surface area contributed by atoms with E-state index in [1.54, 1.807) is 0 Å². The van der Waals surface area contributed by atoms with Crippen LogP contribution in [0.5, 0.6) is 5.75 Å². The van der Waals surface area contributed by atoms with Crippen molar-refractivity contribution in [3.8, 4) is 17.2 Å². The van der Waals surface area contributed by atoms with Crippen molar-refractivity contribution in [2.75, 3.05) is 18.1 Å². The number of aryl methyl sites for hydroxylation is 2. The third-order valence-corrected chi connectivity index (χ3v) is 4.99. The van der Waals surface area contributed by atoms with Crippen LogP contribution < -0.4 is 9.64 Å². The average Bonchev–Trinajstić information content (AvgIpc) is 3.30. The van der Waals surface area contributed by atoms with E-state index in [1.807, 2.05) is 62.1 Å². The summed E-state index contributed by atoms with van der Waals surface area (Å²) < 4.78 is 11.1. The van der Waals surface area contributed by atoms with Gasteiger partial charge in [0.25, 0.3) is 5.89 Å². The van der Waals surface area contributed by atoms with Gasteiger partial charge in [-0.2, -0.15) is 4.98 Å². The maximum Gasteiger partial charge on any atom is 0.261 e. The Morgan fingerprint density at radius 3 is 2.82 bits per heavy atom. The number of benzene rings is 2. The van der Waals surface area contributed by atoms with Crippen molar-refractivity contribution in [1.82, 2.24) is 10.1 Å². The van der Waals surface area contributed by atoms with Crippen molar-refractivity contribution in [3.63, 3.8) is 0 Å². The molecule has 1 aliphatic rings. The fraction of sp³-hybridized carbons (Fsp3) is 0.318. The molecule has 144 valence electrons. The number of nitrogens with zero attached hydrogens (tertiary/aromatic N) is 3. The van der Waals surface area contributed by atoms with Gasteiger partial charge in [0.15, 0.2) is 5.82 Å². The molecule has 1 saturated heterocycles. The third kappa shape index (κ3) is 3.38. The Hall–Kier alpha value is -3.15. The number of amides is 1. The minimum absolute atomic E-state index is 0.0815. The first kappa shape index (κ1) is 18.2. The molecule has 4 rings (SSSR count). The predicted molar refractivity (Wildman–Crippen MR) is 107 cm³/mol. The van der Waals surface area contributed by atoms with E-state index in [-0.39, 0.29) is 11.8 Å². The third-order valence-electron chi connectivity index (χ3n) is 4.99. The normalized spacial score (nSPS) is 16.6. The summed E-state index contributed by atoms with van der Waals surface area (Å²) >= 11 is 0. The van der Waals surface area contributed by atoms with Crippen molar-refractivity contribution in [2.24, 2.45) is 0 Å². The van der Waals surface area contributed by atoms with Crippen molar-refractivity contribution in [3.05, 3.63) is 59.4 Å². The highest BCUT2D eigenvalue weighted by atomic mass is 16.5. The van der Waals surface area contributed by atoms with Crippen LogP contribution in [-0.4, -0.2) is 29.2 Å². The molecular weight excluding hydrogens is 354 g/mol. The van der Waals surface area contributed by atoms with Crippen LogP contribution in [0.3, 0.4) is 0 Å². The molecule has 1 atom stereocenters. The fourth-order valence-corrected chi connectivity index (χ4v) is 3.66. The highest BCUT2D eigenvalue weighted by Gasteiger charge is 2.35. The van der Waals surface area contributed by atoms with Gasteiger partial charge < -0.3 is 14.2 Å². The van der Waals surface area contributed by atoms with Crippen LogP contribution in [0, 0.1) is 13.8 Å². The SMILES string of the molecule is CCOc1ccccc1-c1nc(C2CC(=O)N(c3ccc(C)cc3C)C2)no1. The van der Waals surface area contributed by atoms with Crippen LogP contribution in [0.15, 0.2) is 47.0 Å². The number of ether oxygens (including phenoxy) is 1. The van der Waals surface area contributed by atoms with Gasteiger partial charge in [-0.3, -0.25) is 4.79 Å². The van der Waals surface area contributed by atoms with E-state index in [0.29, 0.717) is 37.0 Å². The number of carbonyl (C=O) groups excluding carboxylic acids is 1. The molecule has 0 saturated carbocycles. The van der Waals surface area contributed by atoms with E-state index in [0.717, 1.165) is 16.8 Å². The quantitative estimate of drug-likeness (QED) is 0.664. The lowest BCUT2D eigenvalue weighted by Gasteiger charge is -2.19. The predicted octanol–water partition coefficient (Wildman–Crippen LogP) is 4.27. The molecule has 3 aromatic rings. The van der Waals surface area contributed by atoms with Gasteiger partial charge in [-0.15, -0.1) is 0 Å². The molecule has 1 amide bonds. The minimum atomic E-state index is -0.0926. The van der Waals surface area contributed by atoms with Gasteiger partial charge in [-0.1, -0.05) is 35.0 Å². The molecule has 0 aliphatic carbocycles. The summed E-state index contributed by atoms with van der Waals surface area (Å²) in [5.74, 6) is 1.67. The highest BCUT2D eigenvalue weighted by Crippen LogP contribution is 2.34. The first-order valence-corrected chi connectivity index (χ1v) is 9.50. The summed E-state index contributed by atoms with van der Waals surface area (Å²) in [6, 6.07) is 13.7. The number of anilines is 1. The van der Waals surface area contributed by atoms with Crippen LogP contribution >= 0.6 is 0 Å². The Balaban J connectivity index is 1.58. The second-order valence-corrected chi connectivity index (χ2v) is 7.08. The van der Waals surface area contributed by atoms with Gasteiger partial charge in [0, 0.05) is 24.6 Å². The van der Waals surface area contributed by atoms with Crippen molar-refractivity contribution in [1.29, 1.82) is 0 Å². The molecule has 6 nitrogen and oxygen atoms in total. The van der Waals surface area contributed by atoms with Crippen molar-refractivity contribution in [2.45, 2.75) is 33.1 Å². The second-order valence-electron chi connectivity index (χ2n) is 7.08. The summed E-state index contributed by atoms with van der Waals surface area (Å²) in [5.41, 5.74) is 3.98. The Bertz CT molecular complexity index is 1010. The molecule has 1 aliphatic heterocycles. The lowest BCUT2D eigenvalue weighted by atomic mass is 10.1. The highest BCUT2D eigenvalue weighted by molar-refractivity contribution is 5.97. The zero-order valence-electron chi connectivity index (χ0n) is 16.3. The number of para-hydroxylation sites is 1. The molecule has 1 fully saturated rings. The van der Waals surface area contributed by atoms with Crippen molar-refractivity contribution >= 4 is 11.6 Å². The summed E-state index contributed by atoms with van der Waals surface area (Å²) in [4.78, 5) is 19.0. The van der Waals surface area contributed by atoms with Crippen LogP contribution in [0.1, 0.15) is 36.2 Å². The lowest BCUT2D eigenvalue weighted by Crippen LogP contribution is -2.25. The Morgan fingerprint density at radius 2 is 2.04 bits per heavy atom. The van der Waals surface area contributed by atoms with Crippen LogP contribution in [-0.2, 0) is 4.79 Å². The molecule has 0 bridgehead atoms. The van der Waals surface area contributed by atoms with Gasteiger partial charge in [0.05, 0.1) is 12.2 Å². The molecule has 0 radical (unpaired) electrons. The zero-order chi connectivity index (χ0) is 19.7. The van der Waals surface area contributed by atoms with Gasteiger partial charge in [-0.25, -0.2) is 0 Å². The number of hydrogen-bond donors (Lipinski definition) is 0. The van der Waals surface area contributed by atoms with Crippen LogP contribution in [0.25, 0.3) is 11.5 Å². The average molecular weight is 377 g/mol. The maximum absolute atomic E-state index is 12.6. The van der Waals surface area contributed by atoms with Crippen molar-refractivity contribution < 1.29 is 14.1 Å². The largest absolute Gasteiger partial charge is 0.493 e. The zero-order valence-corrected chi connectivity index (χ0v) is 16.3. The topological polar surface area (TPSA) is 68.5 Å². The summed E-state index contributed by atoms with van der Waals surface area (Å²) in [6.45, 7) is 7.11. The van der Waals surface area contributed by atoms with E-state index >= 15 is 0 Å². The van der Waals surface area contributed by atoms with Crippen LogP contribution in [0.4, 0.5) is 5.69 Å². The summed E-state index contributed by atoms with van der Waals surface area (Å²) in [7, 11) is 0. The number of rotatable bonds is 5. The van der Waals surface area contributed by atoms with Gasteiger partial charge in [-0.05, 0) is 44.5 Å². The Labute approximate surface area is 164 Å². The standard InChI is InChI=1S/C22H23N3O3/c1-4-27-19-8-6-5-7-17(19)22-23-21(24-28-22)16-12-20(26)25(13-16)18-10-9-14(2)11-15(18)3/h5-11,16H,4,12-13H2,1-3H3. The van der Waals surface area contributed by atoms with Gasteiger partial charge >= 0.3 is 0 Å². The monoisotopic (exact) mass is 377 g/mol. The molecule has 1 unspecified atom stereocenters. The first-order chi connectivity index (χ1) is 13.6. The first-order valence-electron chi connectivity index (χ1n) is 9.50. The second kappa shape index (κ2) is 7.46. The van der Waals surface area contributed by atoms with E-state index < -0.39 is 0 Å². The van der Waals surface area contributed by atoms with E-state index in [9.17, 15) is 4.79 Å². The Morgan fingerprint density at radius 1 is 1.21 bits per heavy atom. The number of hydrogen-bond acceptors (Lipinski definition) is 5. The van der Waals surface area contributed by atoms with Crippen LogP contribution in [0.2, 0.25) is 0 Å². The van der Waals surface area contributed by atoms with Gasteiger partial charge in [0.1, 0.15) is 5.75 Å². The molecule has 6 heteroatoms. The molecule has 28 heavy (non-hydrogen) atoms. The van der Waals surface area contributed by atoms with E-state index in [1.165, 1.54) is 5.56 Å². The Kier molecular flexibility index (Phi) is 4.86. The number of aromatic nitrogens is 2. The molecule has 2 aromatic carbocycles. The maximum atomic E-state index is 12.6. The minimum Gasteiger partial charge on any atom is -0.493 e. The van der Waals surface area contributed by atoms with Gasteiger partial charge in [0.2, 0.25) is 5.91 Å². The smallest absolute Gasteiger partial charge is 0.261 e. The summed E-state index contributed by atoms with van der Waals surface area (Å²) in [6.07, 6.45) is 0.374.